The van der Waals surface area contributed by atoms with Gasteiger partial charge in [0.25, 0.3) is 0 Å². The Hall–Kier alpha value is -2.12. The van der Waals surface area contributed by atoms with E-state index in [1.54, 1.807) is 6.21 Å². The van der Waals surface area contributed by atoms with Gasteiger partial charge in [-0.3, -0.25) is 4.79 Å². The molecule has 5 nitrogen and oxygen atoms in total. The highest BCUT2D eigenvalue weighted by atomic mass is 32.2. The summed E-state index contributed by atoms with van der Waals surface area (Å²) in [6, 6.07) is 15.6. The average molecular weight is 431 g/mol. The lowest BCUT2D eigenvalue weighted by atomic mass is 10.2. The van der Waals surface area contributed by atoms with Gasteiger partial charge in [-0.2, -0.15) is 5.10 Å². The van der Waals surface area contributed by atoms with Crippen LogP contribution in [0.25, 0.3) is 0 Å². The van der Waals surface area contributed by atoms with Crippen molar-refractivity contribution in [2.24, 2.45) is 5.10 Å². The second-order valence-electron chi connectivity index (χ2n) is 6.71. The van der Waals surface area contributed by atoms with Crippen molar-refractivity contribution in [1.29, 1.82) is 0 Å². The van der Waals surface area contributed by atoms with Gasteiger partial charge in [-0.05, 0) is 43.2 Å². The number of hydrogen-bond acceptors (Lipinski definition) is 6. The van der Waals surface area contributed by atoms with E-state index in [9.17, 15) is 4.79 Å². The Labute approximate surface area is 180 Å². The molecule has 0 unspecified atom stereocenters. The van der Waals surface area contributed by atoms with Crippen LogP contribution in [0.5, 0.6) is 11.5 Å². The van der Waals surface area contributed by atoms with Gasteiger partial charge in [0.2, 0.25) is 5.91 Å². The van der Waals surface area contributed by atoms with Crippen molar-refractivity contribution in [3.8, 4) is 11.5 Å². The Morgan fingerprint density at radius 3 is 2.62 bits per heavy atom. The molecule has 1 heterocycles. The highest BCUT2D eigenvalue weighted by Gasteiger charge is 2.32. The van der Waals surface area contributed by atoms with Gasteiger partial charge in [0.15, 0.2) is 11.5 Å². The van der Waals surface area contributed by atoms with Crippen molar-refractivity contribution < 1.29 is 14.3 Å². The summed E-state index contributed by atoms with van der Waals surface area (Å²) in [6.07, 6.45) is 2.08. The number of benzene rings is 2. The summed E-state index contributed by atoms with van der Waals surface area (Å²) in [6.45, 7) is 5.05. The molecule has 0 aromatic heterocycles. The minimum Gasteiger partial charge on any atom is -0.490 e. The van der Waals surface area contributed by atoms with Gasteiger partial charge in [0, 0.05) is 11.5 Å². The van der Waals surface area contributed by atoms with Crippen molar-refractivity contribution >= 4 is 35.6 Å². The zero-order valence-electron chi connectivity index (χ0n) is 16.7. The summed E-state index contributed by atoms with van der Waals surface area (Å²) < 4.78 is 11.6. The Bertz CT molecular complexity index is 837. The monoisotopic (exact) mass is 430 g/mol. The van der Waals surface area contributed by atoms with E-state index in [1.165, 1.54) is 0 Å². The zero-order chi connectivity index (χ0) is 20.5. The first-order valence-corrected chi connectivity index (χ1v) is 11.6. The molecule has 1 fully saturated rings. The molecule has 0 atom stereocenters. The van der Waals surface area contributed by atoms with Gasteiger partial charge < -0.3 is 9.47 Å². The Morgan fingerprint density at radius 2 is 1.90 bits per heavy atom. The summed E-state index contributed by atoms with van der Waals surface area (Å²) >= 11 is 3.67. The van der Waals surface area contributed by atoms with Crippen LogP contribution in [-0.2, 0) is 11.4 Å². The highest BCUT2D eigenvalue weighted by Crippen LogP contribution is 2.45. The van der Waals surface area contributed by atoms with Gasteiger partial charge in [-0.15, -0.1) is 23.5 Å². The van der Waals surface area contributed by atoms with Gasteiger partial charge in [-0.1, -0.05) is 30.3 Å². The maximum Gasteiger partial charge on any atom is 0.242 e. The minimum absolute atomic E-state index is 0.0422. The number of carbonyl (C=O) groups excluding carboxylic acids is 1. The number of thioether (sulfide) groups is 2. The van der Waals surface area contributed by atoms with Crippen LogP contribution in [0.3, 0.4) is 0 Å². The van der Waals surface area contributed by atoms with E-state index in [-0.39, 0.29) is 9.99 Å². The summed E-state index contributed by atoms with van der Waals surface area (Å²) in [5.74, 6) is 3.45. The molecule has 1 aliphatic heterocycles. The number of nitrogens with zero attached hydrogens (tertiary/aromatic N) is 1. The molecule has 0 saturated carbocycles. The van der Waals surface area contributed by atoms with Gasteiger partial charge in [0.1, 0.15) is 6.61 Å². The second-order valence-corrected chi connectivity index (χ2v) is 10.2. The van der Waals surface area contributed by atoms with Crippen LogP contribution in [0.15, 0.2) is 53.6 Å². The van der Waals surface area contributed by atoms with Crippen LogP contribution in [0.2, 0.25) is 0 Å². The standard InChI is InChI=1S/C22H26N2O3S2/c1-3-26-20-13-18(9-10-19(20)27-16-17-7-5-4-6-8-17)15-23-24-21(25)14-22(2)28-11-12-29-22/h4-10,13,15H,3,11-12,14,16H2,1-2H3,(H,24,25)/b23-15+. The number of carbonyl (C=O) groups is 1. The normalized spacial score (nSPS) is 15.4. The molecule has 1 N–H and O–H groups in total. The van der Waals surface area contributed by atoms with Gasteiger partial charge >= 0.3 is 0 Å². The van der Waals surface area contributed by atoms with E-state index < -0.39 is 0 Å². The minimum atomic E-state index is -0.0708. The smallest absolute Gasteiger partial charge is 0.242 e. The molecule has 0 radical (unpaired) electrons. The molecule has 0 bridgehead atoms. The summed E-state index contributed by atoms with van der Waals surface area (Å²) in [4.78, 5) is 12.1. The predicted octanol–water partition coefficient (Wildman–Crippen LogP) is 4.70. The molecule has 154 valence electrons. The predicted molar refractivity (Wildman–Crippen MR) is 122 cm³/mol. The number of hydrogen-bond donors (Lipinski definition) is 1. The van der Waals surface area contributed by atoms with Gasteiger partial charge in [-0.25, -0.2) is 5.43 Å². The lowest BCUT2D eigenvalue weighted by Crippen LogP contribution is -2.26. The Morgan fingerprint density at radius 1 is 1.14 bits per heavy atom. The van der Waals surface area contributed by atoms with Gasteiger partial charge in [0.05, 0.1) is 23.3 Å². The quantitative estimate of drug-likeness (QED) is 0.462. The van der Waals surface area contributed by atoms with E-state index >= 15 is 0 Å². The van der Waals surface area contributed by atoms with E-state index in [0.29, 0.717) is 31.1 Å². The highest BCUT2D eigenvalue weighted by molar-refractivity contribution is 8.21. The fourth-order valence-corrected chi connectivity index (χ4v) is 5.73. The molecular formula is C22H26N2O3S2. The van der Waals surface area contributed by atoms with E-state index in [2.05, 4.69) is 17.5 Å². The van der Waals surface area contributed by atoms with E-state index in [1.807, 2.05) is 79.0 Å². The molecule has 1 aliphatic rings. The first-order valence-electron chi connectivity index (χ1n) is 9.61. The van der Waals surface area contributed by atoms with Crippen molar-refractivity contribution in [2.45, 2.75) is 31.0 Å². The summed E-state index contributed by atoms with van der Waals surface area (Å²) in [7, 11) is 0. The van der Waals surface area contributed by atoms with Crippen LogP contribution in [0.1, 0.15) is 31.4 Å². The number of hydrazone groups is 1. The summed E-state index contributed by atoms with van der Waals surface area (Å²) in [5.41, 5.74) is 4.55. The Balaban J connectivity index is 1.58. The number of rotatable bonds is 9. The van der Waals surface area contributed by atoms with E-state index in [0.717, 1.165) is 22.6 Å². The van der Waals surface area contributed by atoms with E-state index in [4.69, 9.17) is 9.47 Å². The maximum atomic E-state index is 12.1. The van der Waals surface area contributed by atoms with Crippen LogP contribution in [0, 0.1) is 0 Å². The van der Waals surface area contributed by atoms with Crippen LogP contribution in [-0.4, -0.2) is 34.3 Å². The fourth-order valence-electron chi connectivity index (χ4n) is 2.90. The molecule has 29 heavy (non-hydrogen) atoms. The van der Waals surface area contributed by atoms with Crippen molar-refractivity contribution in [2.75, 3.05) is 18.1 Å². The largest absolute Gasteiger partial charge is 0.490 e. The number of amides is 1. The third-order valence-corrected chi connectivity index (χ3v) is 7.58. The van der Waals surface area contributed by atoms with Crippen molar-refractivity contribution in [1.82, 2.24) is 5.43 Å². The van der Waals surface area contributed by atoms with Crippen LogP contribution >= 0.6 is 23.5 Å². The first-order chi connectivity index (χ1) is 14.1. The third kappa shape index (κ3) is 6.72. The topological polar surface area (TPSA) is 59.9 Å². The zero-order valence-corrected chi connectivity index (χ0v) is 18.4. The fraction of sp³-hybridized carbons (Fsp3) is 0.364. The molecule has 7 heteroatoms. The first kappa shape index (κ1) is 21.6. The molecule has 1 saturated heterocycles. The molecule has 3 rings (SSSR count). The number of ether oxygens (including phenoxy) is 2. The van der Waals surface area contributed by atoms with Crippen LogP contribution in [0.4, 0.5) is 0 Å². The molecular weight excluding hydrogens is 404 g/mol. The third-order valence-electron chi connectivity index (χ3n) is 4.29. The molecule has 2 aromatic rings. The molecule has 0 spiro atoms. The maximum absolute atomic E-state index is 12.1. The average Bonchev–Trinajstić information content (AvgIpc) is 3.14. The Kier molecular flexibility index (Phi) is 7.89. The molecule has 2 aromatic carbocycles. The van der Waals surface area contributed by atoms with Crippen molar-refractivity contribution in [3.63, 3.8) is 0 Å². The molecule has 0 aliphatic carbocycles. The molecule has 1 amide bonds. The van der Waals surface area contributed by atoms with Crippen molar-refractivity contribution in [3.05, 3.63) is 59.7 Å². The SMILES string of the molecule is CCOc1cc(/C=N/NC(=O)CC2(C)SCCS2)ccc1OCc1ccccc1. The summed E-state index contributed by atoms with van der Waals surface area (Å²) in [5, 5.41) is 4.10. The number of nitrogens with one attached hydrogen (secondary N) is 1. The second kappa shape index (κ2) is 10.6. The van der Waals surface area contributed by atoms with Crippen LogP contribution < -0.4 is 14.9 Å². The lowest BCUT2D eigenvalue weighted by molar-refractivity contribution is -0.121. The lowest BCUT2D eigenvalue weighted by Gasteiger charge is -2.19.